The normalized spacial score (nSPS) is 16.9. The summed E-state index contributed by atoms with van der Waals surface area (Å²) in [5, 5.41) is 3.20. The summed E-state index contributed by atoms with van der Waals surface area (Å²) >= 11 is 0. The Morgan fingerprint density at radius 3 is 2.49 bits per heavy atom. The van der Waals surface area contributed by atoms with Gasteiger partial charge in [-0.15, -0.1) is 0 Å². The average molecular weight is 610 g/mol. The second kappa shape index (κ2) is 11.8. The maximum absolute atomic E-state index is 15.4. The van der Waals surface area contributed by atoms with Crippen molar-refractivity contribution in [1.82, 2.24) is 19.0 Å². The van der Waals surface area contributed by atoms with E-state index in [-0.39, 0.29) is 11.5 Å². The Balaban J connectivity index is 1.20. The maximum atomic E-state index is 15.4. The van der Waals surface area contributed by atoms with E-state index in [1.807, 2.05) is 31.3 Å². The number of carbonyl (C=O) groups excluding carboxylic acids is 1. The predicted molar refractivity (Wildman–Crippen MR) is 176 cm³/mol. The van der Waals surface area contributed by atoms with E-state index in [1.54, 1.807) is 24.2 Å². The third kappa shape index (κ3) is 5.41. The molecule has 10 heteroatoms. The summed E-state index contributed by atoms with van der Waals surface area (Å²) in [6.45, 7) is 7.10. The average Bonchev–Trinajstić information content (AvgIpc) is 3.43. The van der Waals surface area contributed by atoms with Crippen molar-refractivity contribution in [3.8, 4) is 11.1 Å². The zero-order valence-electron chi connectivity index (χ0n) is 26.3. The van der Waals surface area contributed by atoms with Crippen molar-refractivity contribution < 1.29 is 9.18 Å². The summed E-state index contributed by atoms with van der Waals surface area (Å²) in [6.07, 6.45) is 8.46. The number of aromatic nitrogens is 3. The van der Waals surface area contributed by atoms with Crippen molar-refractivity contribution >= 4 is 28.8 Å². The molecule has 1 N–H and O–H groups in total. The third-order valence-corrected chi connectivity index (χ3v) is 9.63. The number of pyridine rings is 2. The van der Waals surface area contributed by atoms with Crippen LogP contribution < -0.4 is 20.7 Å². The Bertz CT molecular complexity index is 1820. The van der Waals surface area contributed by atoms with Crippen LogP contribution in [0.25, 0.3) is 11.1 Å². The third-order valence-electron chi connectivity index (χ3n) is 9.63. The van der Waals surface area contributed by atoms with E-state index >= 15 is 4.39 Å². The summed E-state index contributed by atoms with van der Waals surface area (Å²) in [4.78, 5) is 38.0. The van der Waals surface area contributed by atoms with Crippen LogP contribution in [0.15, 0.2) is 53.6 Å². The van der Waals surface area contributed by atoms with Crippen LogP contribution in [-0.4, -0.2) is 64.7 Å². The molecule has 1 aromatic carbocycles. The Morgan fingerprint density at radius 2 is 1.73 bits per heavy atom. The highest BCUT2D eigenvalue weighted by atomic mass is 19.1. The SMILES string of the molecule is CCc1c(-c2cc(Nc3ccc(N4CCN(C)CC4)cn3)c(=O)n(C)c2)cc(F)cc1N1CCn2c(cc3c2CCCC3)C1=O. The molecule has 3 aliphatic rings. The van der Waals surface area contributed by atoms with E-state index in [1.165, 1.54) is 28.0 Å². The highest BCUT2D eigenvalue weighted by Gasteiger charge is 2.32. The first-order valence-electron chi connectivity index (χ1n) is 16.0. The molecule has 1 amide bonds. The molecule has 1 aliphatic carbocycles. The molecule has 2 aliphatic heterocycles. The summed E-state index contributed by atoms with van der Waals surface area (Å²) in [7, 11) is 3.82. The largest absolute Gasteiger partial charge is 0.368 e. The van der Waals surface area contributed by atoms with Crippen molar-refractivity contribution in [3.63, 3.8) is 0 Å². The van der Waals surface area contributed by atoms with Crippen LogP contribution in [0.4, 0.5) is 27.3 Å². The second-order valence-electron chi connectivity index (χ2n) is 12.5. The Morgan fingerprint density at radius 1 is 0.933 bits per heavy atom. The molecule has 0 atom stereocenters. The standard InChI is InChI=1S/C35H40FN7O2/c1-4-27-28(19-25(36)20-31(27)43-16-15-42-30-8-6-5-7-23(30)18-32(42)35(43)45)24-17-29(34(44)40(3)22-24)38-33-10-9-26(21-37-33)41-13-11-39(2)12-14-41/h9-10,17-22H,4-8,11-16H2,1-3H3,(H,37,38). The van der Waals surface area contributed by atoms with Crippen molar-refractivity contribution in [2.45, 2.75) is 45.6 Å². The molecule has 0 bridgehead atoms. The molecule has 45 heavy (non-hydrogen) atoms. The van der Waals surface area contributed by atoms with Crippen LogP contribution in [0.3, 0.4) is 0 Å². The van der Waals surface area contributed by atoms with Gasteiger partial charge >= 0.3 is 0 Å². The Hall–Kier alpha value is -4.44. The van der Waals surface area contributed by atoms with Gasteiger partial charge in [-0.2, -0.15) is 0 Å². The van der Waals surface area contributed by atoms with Crippen molar-refractivity contribution in [2.24, 2.45) is 7.05 Å². The minimum atomic E-state index is -0.422. The van der Waals surface area contributed by atoms with Gasteiger partial charge in [0.25, 0.3) is 11.5 Å². The number of nitrogens with one attached hydrogen (secondary N) is 1. The number of likely N-dealkylation sites (N-methyl/N-ethyl adjacent to an activating group) is 1. The molecular formula is C35H40FN7O2. The van der Waals surface area contributed by atoms with Gasteiger partial charge in [-0.1, -0.05) is 6.92 Å². The Kier molecular flexibility index (Phi) is 7.69. The molecule has 0 unspecified atom stereocenters. The van der Waals surface area contributed by atoms with Gasteiger partial charge in [-0.3, -0.25) is 9.59 Å². The zero-order chi connectivity index (χ0) is 31.2. The molecule has 9 nitrogen and oxygen atoms in total. The molecule has 1 saturated heterocycles. The van der Waals surface area contributed by atoms with Gasteiger partial charge in [0.05, 0.1) is 17.6 Å². The number of carbonyl (C=O) groups is 1. The summed E-state index contributed by atoms with van der Waals surface area (Å²) in [6, 6.07) is 10.7. The molecule has 4 aromatic rings. The minimum absolute atomic E-state index is 0.0872. The smallest absolute Gasteiger partial charge is 0.274 e. The number of benzene rings is 1. The summed E-state index contributed by atoms with van der Waals surface area (Å²) < 4.78 is 19.1. The van der Waals surface area contributed by atoms with Crippen LogP contribution in [0.2, 0.25) is 0 Å². The van der Waals surface area contributed by atoms with Crippen LogP contribution in [0, 0.1) is 5.82 Å². The van der Waals surface area contributed by atoms with Crippen LogP contribution in [0.1, 0.15) is 47.1 Å². The number of nitrogens with zero attached hydrogens (tertiary/aromatic N) is 6. The number of piperazine rings is 1. The highest BCUT2D eigenvalue weighted by Crippen LogP contribution is 2.37. The number of halogens is 1. The first-order valence-corrected chi connectivity index (χ1v) is 16.0. The van der Waals surface area contributed by atoms with Gasteiger partial charge in [-0.05, 0) is 92.2 Å². The molecule has 7 rings (SSSR count). The van der Waals surface area contributed by atoms with E-state index in [0.717, 1.165) is 63.1 Å². The van der Waals surface area contributed by atoms with Crippen LogP contribution >= 0.6 is 0 Å². The summed E-state index contributed by atoms with van der Waals surface area (Å²) in [5.41, 5.74) is 7.25. The number of fused-ring (bicyclic) bond motifs is 3. The Labute approximate surface area is 262 Å². The molecule has 0 saturated carbocycles. The summed E-state index contributed by atoms with van der Waals surface area (Å²) in [5.74, 6) is 0.0490. The van der Waals surface area contributed by atoms with E-state index < -0.39 is 5.82 Å². The quantitative estimate of drug-likeness (QED) is 0.332. The van der Waals surface area contributed by atoms with Gasteiger partial charge in [0.15, 0.2) is 0 Å². The van der Waals surface area contributed by atoms with E-state index in [9.17, 15) is 9.59 Å². The second-order valence-corrected chi connectivity index (χ2v) is 12.5. The van der Waals surface area contributed by atoms with E-state index in [0.29, 0.717) is 53.5 Å². The maximum Gasteiger partial charge on any atom is 0.274 e. The van der Waals surface area contributed by atoms with Gasteiger partial charge < -0.3 is 29.2 Å². The molecule has 1 fully saturated rings. The minimum Gasteiger partial charge on any atom is -0.368 e. The number of hydrogen-bond acceptors (Lipinski definition) is 6. The number of aryl methyl sites for hydroxylation is 2. The first-order chi connectivity index (χ1) is 21.8. The van der Waals surface area contributed by atoms with Crippen LogP contribution in [0.5, 0.6) is 0 Å². The molecule has 0 radical (unpaired) electrons. The molecule has 5 heterocycles. The molecule has 0 spiro atoms. The number of rotatable bonds is 6. The first kappa shape index (κ1) is 29.3. The van der Waals surface area contributed by atoms with Crippen molar-refractivity contribution in [1.29, 1.82) is 0 Å². The van der Waals surface area contributed by atoms with Gasteiger partial charge in [0, 0.05) is 63.8 Å². The molecule has 234 valence electrons. The molecular weight excluding hydrogens is 569 g/mol. The lowest BCUT2D eigenvalue weighted by Gasteiger charge is -2.33. The fourth-order valence-electron chi connectivity index (χ4n) is 7.16. The lowest BCUT2D eigenvalue weighted by Crippen LogP contribution is -2.44. The van der Waals surface area contributed by atoms with Gasteiger partial charge in [-0.25, -0.2) is 9.37 Å². The zero-order valence-corrected chi connectivity index (χ0v) is 26.3. The number of anilines is 4. The topological polar surface area (TPSA) is 78.6 Å². The van der Waals surface area contributed by atoms with Crippen LogP contribution in [-0.2, 0) is 32.9 Å². The molecule has 3 aromatic heterocycles. The fraction of sp³-hybridized carbons (Fsp3) is 0.400. The van der Waals surface area contributed by atoms with E-state index in [2.05, 4.69) is 31.7 Å². The lowest BCUT2D eigenvalue weighted by atomic mass is 9.95. The predicted octanol–water partition coefficient (Wildman–Crippen LogP) is 4.98. The van der Waals surface area contributed by atoms with Gasteiger partial charge in [0.1, 0.15) is 23.0 Å². The van der Waals surface area contributed by atoms with E-state index in [4.69, 9.17) is 0 Å². The fourth-order valence-corrected chi connectivity index (χ4v) is 7.16. The monoisotopic (exact) mass is 609 g/mol. The van der Waals surface area contributed by atoms with Crippen molar-refractivity contribution in [3.05, 3.63) is 87.5 Å². The van der Waals surface area contributed by atoms with Crippen molar-refractivity contribution in [2.75, 3.05) is 54.9 Å². The number of amides is 1. The lowest BCUT2D eigenvalue weighted by molar-refractivity contribution is 0.0964. The van der Waals surface area contributed by atoms with Gasteiger partial charge in [0.2, 0.25) is 0 Å². The number of hydrogen-bond donors (Lipinski definition) is 1. The highest BCUT2D eigenvalue weighted by molar-refractivity contribution is 6.07.